The molecule has 0 fully saturated rings. The fourth-order valence-electron chi connectivity index (χ4n) is 0.963. The van der Waals surface area contributed by atoms with Crippen molar-refractivity contribution in [3.05, 3.63) is 29.8 Å². The largest absolute Gasteiger partial charge is 0.468 e. The number of esters is 1. The van der Waals surface area contributed by atoms with Crippen LogP contribution in [0.4, 0.5) is 0 Å². The van der Waals surface area contributed by atoms with Gasteiger partial charge in [0.05, 0.1) is 12.9 Å². The second-order valence-corrected chi connectivity index (χ2v) is 6.22. The van der Waals surface area contributed by atoms with Crippen molar-refractivity contribution >= 4 is 52.5 Å². The topological polar surface area (TPSA) is 26.3 Å². The lowest BCUT2D eigenvalue weighted by Gasteiger charge is -2.12. The van der Waals surface area contributed by atoms with E-state index < -0.39 is 3.79 Å². The van der Waals surface area contributed by atoms with E-state index in [0.717, 1.165) is 4.90 Å². The molecule has 0 aliphatic carbocycles. The van der Waals surface area contributed by atoms with Crippen molar-refractivity contribution in [3.8, 4) is 0 Å². The third kappa shape index (κ3) is 4.42. The van der Waals surface area contributed by atoms with Gasteiger partial charge in [0.1, 0.15) is 0 Å². The zero-order valence-electron chi connectivity index (χ0n) is 8.38. The van der Waals surface area contributed by atoms with Crippen molar-refractivity contribution in [2.24, 2.45) is 0 Å². The molecule has 0 N–H and O–H groups in total. The van der Waals surface area contributed by atoms with E-state index in [-0.39, 0.29) is 11.7 Å². The summed E-state index contributed by atoms with van der Waals surface area (Å²) in [7, 11) is 1.35. The molecular formula is C10H9Cl3O2S. The molecule has 0 atom stereocenters. The lowest BCUT2D eigenvalue weighted by Crippen LogP contribution is -2.03. The number of alkyl halides is 3. The van der Waals surface area contributed by atoms with Gasteiger partial charge in [-0.2, -0.15) is 0 Å². The van der Waals surface area contributed by atoms with E-state index in [1.54, 1.807) is 18.2 Å². The Morgan fingerprint density at radius 1 is 1.44 bits per heavy atom. The highest BCUT2D eigenvalue weighted by atomic mass is 35.6. The monoisotopic (exact) mass is 298 g/mol. The van der Waals surface area contributed by atoms with Crippen LogP contribution in [0.25, 0.3) is 0 Å². The van der Waals surface area contributed by atoms with Gasteiger partial charge in [0, 0.05) is 10.5 Å². The molecule has 0 aromatic heterocycles. The average molecular weight is 300 g/mol. The molecule has 88 valence electrons. The van der Waals surface area contributed by atoms with E-state index in [9.17, 15) is 4.79 Å². The van der Waals surface area contributed by atoms with Crippen molar-refractivity contribution in [1.29, 1.82) is 0 Å². The Morgan fingerprint density at radius 3 is 2.69 bits per heavy atom. The average Bonchev–Trinajstić information content (AvgIpc) is 2.25. The molecule has 0 saturated carbocycles. The number of ether oxygens (including phenoxy) is 1. The Kier molecular flexibility index (Phi) is 5.25. The molecule has 0 radical (unpaired) electrons. The van der Waals surface area contributed by atoms with Gasteiger partial charge in [-0.05, 0) is 12.1 Å². The van der Waals surface area contributed by atoms with Crippen LogP contribution in [-0.2, 0) is 13.3 Å². The third-order valence-electron chi connectivity index (χ3n) is 1.75. The molecule has 0 heterocycles. The number of carbonyl (C=O) groups excluding carboxylic acids is 1. The summed E-state index contributed by atoms with van der Waals surface area (Å²) in [6, 6.07) is 7.07. The summed E-state index contributed by atoms with van der Waals surface area (Å²) in [5.41, 5.74) is 0.576. The summed E-state index contributed by atoms with van der Waals surface area (Å²) < 4.78 is 3.09. The minimum atomic E-state index is -1.44. The minimum absolute atomic E-state index is 0.236. The molecule has 0 saturated heterocycles. The van der Waals surface area contributed by atoms with Crippen LogP contribution in [0.2, 0.25) is 0 Å². The number of benzene rings is 1. The SMILES string of the molecule is COC(=O)CSc1cccc(C(Cl)(Cl)Cl)c1. The van der Waals surface area contributed by atoms with Crippen LogP contribution >= 0.6 is 46.6 Å². The highest BCUT2D eigenvalue weighted by Gasteiger charge is 2.22. The first kappa shape index (κ1) is 14.0. The zero-order chi connectivity index (χ0) is 12.2. The fraction of sp³-hybridized carbons (Fsp3) is 0.300. The summed E-state index contributed by atoms with van der Waals surface area (Å²) in [5, 5.41) is 0. The Morgan fingerprint density at radius 2 is 2.12 bits per heavy atom. The summed E-state index contributed by atoms with van der Waals surface area (Å²) in [5.74, 6) is -0.0518. The maximum absolute atomic E-state index is 10.9. The summed E-state index contributed by atoms with van der Waals surface area (Å²) >= 11 is 18.6. The molecule has 0 bridgehead atoms. The maximum Gasteiger partial charge on any atom is 0.315 e. The van der Waals surface area contributed by atoms with Gasteiger partial charge in [0.25, 0.3) is 0 Å². The standard InChI is InChI=1S/C10H9Cl3O2S/c1-15-9(14)6-16-8-4-2-3-7(5-8)10(11,12)13/h2-5H,6H2,1H3. The van der Waals surface area contributed by atoms with Gasteiger partial charge in [0.15, 0.2) is 0 Å². The Labute approximate surface area is 113 Å². The van der Waals surface area contributed by atoms with Crippen LogP contribution in [0.15, 0.2) is 29.2 Å². The maximum atomic E-state index is 10.9. The number of methoxy groups -OCH3 is 1. The van der Waals surface area contributed by atoms with E-state index in [1.165, 1.54) is 18.9 Å². The molecule has 0 aliphatic heterocycles. The normalized spacial score (nSPS) is 11.2. The van der Waals surface area contributed by atoms with E-state index in [0.29, 0.717) is 5.56 Å². The zero-order valence-corrected chi connectivity index (χ0v) is 11.5. The van der Waals surface area contributed by atoms with Gasteiger partial charge in [-0.3, -0.25) is 4.79 Å². The highest BCUT2D eigenvalue weighted by Crippen LogP contribution is 2.39. The molecule has 1 rings (SSSR count). The van der Waals surface area contributed by atoms with Crippen molar-refractivity contribution in [3.63, 3.8) is 0 Å². The lowest BCUT2D eigenvalue weighted by molar-refractivity contribution is -0.137. The molecular weight excluding hydrogens is 291 g/mol. The number of halogens is 3. The Balaban J connectivity index is 2.72. The van der Waals surface area contributed by atoms with E-state index in [1.807, 2.05) is 6.07 Å². The highest BCUT2D eigenvalue weighted by molar-refractivity contribution is 8.00. The van der Waals surface area contributed by atoms with Gasteiger partial charge in [-0.1, -0.05) is 46.9 Å². The Hall–Kier alpha value is -0.0900. The van der Waals surface area contributed by atoms with E-state index in [4.69, 9.17) is 34.8 Å². The first-order valence-electron chi connectivity index (χ1n) is 4.30. The van der Waals surface area contributed by atoms with Crippen LogP contribution < -0.4 is 0 Å². The van der Waals surface area contributed by atoms with Gasteiger partial charge in [0.2, 0.25) is 3.79 Å². The molecule has 1 aromatic rings. The van der Waals surface area contributed by atoms with Crippen molar-refractivity contribution < 1.29 is 9.53 Å². The minimum Gasteiger partial charge on any atom is -0.468 e. The van der Waals surface area contributed by atoms with Crippen LogP contribution in [0.1, 0.15) is 5.56 Å². The molecule has 0 spiro atoms. The number of thioether (sulfide) groups is 1. The number of carbonyl (C=O) groups is 1. The number of rotatable bonds is 3. The molecule has 6 heteroatoms. The summed E-state index contributed by atoms with van der Waals surface area (Å²) in [4.78, 5) is 11.8. The molecule has 1 aromatic carbocycles. The first-order valence-corrected chi connectivity index (χ1v) is 6.42. The molecule has 2 nitrogen and oxygen atoms in total. The smallest absolute Gasteiger partial charge is 0.315 e. The second-order valence-electron chi connectivity index (χ2n) is 2.89. The van der Waals surface area contributed by atoms with Crippen molar-refractivity contribution in [2.45, 2.75) is 8.69 Å². The van der Waals surface area contributed by atoms with Crippen LogP contribution in [0.3, 0.4) is 0 Å². The Bertz CT molecular complexity index is 377. The number of hydrogen-bond donors (Lipinski definition) is 0. The predicted octanol–water partition coefficient (Wildman–Crippen LogP) is 3.78. The van der Waals surface area contributed by atoms with Crippen LogP contribution in [-0.4, -0.2) is 18.8 Å². The van der Waals surface area contributed by atoms with Gasteiger partial charge >= 0.3 is 5.97 Å². The second kappa shape index (κ2) is 6.01. The quantitative estimate of drug-likeness (QED) is 0.483. The third-order valence-corrected chi connectivity index (χ3v) is 3.37. The molecule has 0 aliphatic rings. The van der Waals surface area contributed by atoms with Crippen LogP contribution in [0.5, 0.6) is 0 Å². The van der Waals surface area contributed by atoms with E-state index >= 15 is 0 Å². The summed E-state index contributed by atoms with van der Waals surface area (Å²) in [6.45, 7) is 0. The van der Waals surface area contributed by atoms with E-state index in [2.05, 4.69) is 4.74 Å². The summed E-state index contributed by atoms with van der Waals surface area (Å²) in [6.07, 6.45) is 0. The molecule has 16 heavy (non-hydrogen) atoms. The van der Waals surface area contributed by atoms with Gasteiger partial charge in [-0.15, -0.1) is 11.8 Å². The van der Waals surface area contributed by atoms with Gasteiger partial charge < -0.3 is 4.74 Å². The number of hydrogen-bond acceptors (Lipinski definition) is 3. The first-order chi connectivity index (χ1) is 7.43. The fourth-order valence-corrected chi connectivity index (χ4v) is 2.10. The predicted molar refractivity (Wildman–Crippen MR) is 68.4 cm³/mol. The molecule has 0 amide bonds. The molecule has 0 unspecified atom stereocenters. The van der Waals surface area contributed by atoms with Crippen molar-refractivity contribution in [2.75, 3.05) is 12.9 Å². The van der Waals surface area contributed by atoms with Crippen LogP contribution in [0, 0.1) is 0 Å². The van der Waals surface area contributed by atoms with Gasteiger partial charge in [-0.25, -0.2) is 0 Å². The lowest BCUT2D eigenvalue weighted by atomic mass is 10.2. The van der Waals surface area contributed by atoms with Crippen molar-refractivity contribution in [1.82, 2.24) is 0 Å².